The number of aryl methyl sites for hydroxylation is 3. The molecule has 8 heteroatoms. The van der Waals surface area contributed by atoms with Gasteiger partial charge in [-0.2, -0.15) is 4.98 Å². The number of imidazole rings is 2. The van der Waals surface area contributed by atoms with Crippen LogP contribution < -0.4 is 11.2 Å². The van der Waals surface area contributed by atoms with Crippen molar-refractivity contribution in [1.82, 2.24) is 23.1 Å². The molecule has 0 saturated heterocycles. The number of hydrogen-bond acceptors (Lipinski definition) is 4. The molecule has 0 amide bonds. The van der Waals surface area contributed by atoms with Crippen molar-refractivity contribution in [2.45, 2.75) is 33.4 Å². The van der Waals surface area contributed by atoms with Gasteiger partial charge in [0, 0.05) is 38.1 Å². The zero-order valence-corrected chi connectivity index (χ0v) is 17.4. The van der Waals surface area contributed by atoms with Crippen molar-refractivity contribution < 1.29 is 5.11 Å². The van der Waals surface area contributed by atoms with Crippen molar-refractivity contribution in [3.8, 4) is 0 Å². The molecule has 0 unspecified atom stereocenters. The van der Waals surface area contributed by atoms with E-state index < -0.39 is 5.69 Å². The predicted molar refractivity (Wildman–Crippen MR) is 117 cm³/mol. The van der Waals surface area contributed by atoms with Crippen LogP contribution in [-0.4, -0.2) is 34.8 Å². The average Bonchev–Trinajstić information content (AvgIpc) is 3.24. The number of benzene rings is 1. The Morgan fingerprint density at radius 3 is 2.50 bits per heavy atom. The quantitative estimate of drug-likeness (QED) is 0.529. The first kappa shape index (κ1) is 19.9. The van der Waals surface area contributed by atoms with Gasteiger partial charge in [-0.1, -0.05) is 42.5 Å². The minimum absolute atomic E-state index is 0.0715. The van der Waals surface area contributed by atoms with E-state index in [2.05, 4.69) is 4.98 Å². The normalized spacial score (nSPS) is 12.0. The molecule has 8 nitrogen and oxygen atoms in total. The van der Waals surface area contributed by atoms with Gasteiger partial charge in [0.25, 0.3) is 5.56 Å². The number of nitrogens with zero attached hydrogens (tertiary/aromatic N) is 5. The molecule has 1 aromatic carbocycles. The van der Waals surface area contributed by atoms with Crippen LogP contribution in [0, 0.1) is 13.8 Å². The second kappa shape index (κ2) is 7.79. The number of aliphatic hydroxyl groups is 1. The third-order valence-electron chi connectivity index (χ3n) is 5.57. The summed E-state index contributed by atoms with van der Waals surface area (Å²) in [5.74, 6) is 0.609. The van der Waals surface area contributed by atoms with E-state index in [1.165, 1.54) is 9.13 Å². The smallest absolute Gasteiger partial charge is 0.332 e. The highest BCUT2D eigenvalue weighted by Gasteiger charge is 2.22. The van der Waals surface area contributed by atoms with Gasteiger partial charge in [-0.25, -0.2) is 4.79 Å². The average molecular weight is 407 g/mol. The molecule has 0 aliphatic rings. The van der Waals surface area contributed by atoms with E-state index in [1.54, 1.807) is 7.05 Å². The van der Waals surface area contributed by atoms with Crippen molar-refractivity contribution in [1.29, 1.82) is 0 Å². The first-order valence-corrected chi connectivity index (χ1v) is 9.95. The Kier molecular flexibility index (Phi) is 5.17. The Balaban J connectivity index is 1.89. The molecule has 0 bridgehead atoms. The molecule has 3 heterocycles. The van der Waals surface area contributed by atoms with Crippen LogP contribution in [0.25, 0.3) is 23.0 Å². The SMILES string of the molecule is Cc1c(C)n2c3c(=O)n(CC=Cc4ccccc4)c(=O)n(C)c3nc2n1CCCO. The van der Waals surface area contributed by atoms with Crippen molar-refractivity contribution in [2.75, 3.05) is 6.61 Å². The topological polar surface area (TPSA) is 86.5 Å². The van der Waals surface area contributed by atoms with Crippen LogP contribution in [0.5, 0.6) is 0 Å². The molecule has 0 aliphatic carbocycles. The van der Waals surface area contributed by atoms with E-state index in [-0.39, 0.29) is 18.7 Å². The summed E-state index contributed by atoms with van der Waals surface area (Å²) in [6, 6.07) is 9.73. The molecule has 3 aromatic heterocycles. The highest BCUT2D eigenvalue weighted by Crippen LogP contribution is 2.20. The summed E-state index contributed by atoms with van der Waals surface area (Å²) in [5, 5.41) is 9.22. The predicted octanol–water partition coefficient (Wildman–Crippen LogP) is 1.86. The van der Waals surface area contributed by atoms with Crippen molar-refractivity contribution in [2.24, 2.45) is 7.05 Å². The van der Waals surface area contributed by atoms with Crippen LogP contribution in [0.4, 0.5) is 0 Å². The first-order valence-electron chi connectivity index (χ1n) is 9.95. The Labute approximate surface area is 172 Å². The Bertz CT molecular complexity index is 1370. The van der Waals surface area contributed by atoms with Crippen molar-refractivity contribution in [3.63, 3.8) is 0 Å². The van der Waals surface area contributed by atoms with Gasteiger partial charge in [-0.05, 0) is 25.8 Å². The van der Waals surface area contributed by atoms with E-state index >= 15 is 0 Å². The van der Waals surface area contributed by atoms with Gasteiger partial charge in [0.05, 0.1) is 0 Å². The molecule has 0 saturated carbocycles. The molecule has 0 radical (unpaired) electrons. The van der Waals surface area contributed by atoms with E-state index in [4.69, 9.17) is 0 Å². The highest BCUT2D eigenvalue weighted by molar-refractivity contribution is 5.76. The molecule has 0 spiro atoms. The minimum Gasteiger partial charge on any atom is -0.396 e. The van der Waals surface area contributed by atoms with Crippen LogP contribution >= 0.6 is 0 Å². The Hall–Kier alpha value is -3.39. The second-order valence-electron chi connectivity index (χ2n) is 7.39. The molecular formula is C22H25N5O3. The van der Waals surface area contributed by atoms with Gasteiger partial charge in [-0.15, -0.1) is 0 Å². The first-order chi connectivity index (χ1) is 14.5. The summed E-state index contributed by atoms with van der Waals surface area (Å²) in [5.41, 5.74) is 2.88. The fourth-order valence-corrected chi connectivity index (χ4v) is 3.83. The van der Waals surface area contributed by atoms with E-state index in [1.807, 2.05) is 65.3 Å². The van der Waals surface area contributed by atoms with Gasteiger partial charge < -0.3 is 9.67 Å². The summed E-state index contributed by atoms with van der Waals surface area (Å²) in [6.07, 6.45) is 4.29. The lowest BCUT2D eigenvalue weighted by atomic mass is 10.2. The molecule has 0 aliphatic heterocycles. The fraction of sp³-hybridized carbons (Fsp3) is 0.318. The molecule has 1 N–H and O–H groups in total. The molecule has 30 heavy (non-hydrogen) atoms. The van der Waals surface area contributed by atoms with Crippen molar-refractivity contribution >= 4 is 23.0 Å². The minimum atomic E-state index is -0.401. The fourth-order valence-electron chi connectivity index (χ4n) is 3.83. The maximum absolute atomic E-state index is 13.3. The van der Waals surface area contributed by atoms with E-state index in [9.17, 15) is 14.7 Å². The second-order valence-corrected chi connectivity index (χ2v) is 7.39. The maximum atomic E-state index is 13.3. The Morgan fingerprint density at radius 1 is 1.07 bits per heavy atom. The molecular weight excluding hydrogens is 382 g/mol. The van der Waals surface area contributed by atoms with Crippen LogP contribution in [0.2, 0.25) is 0 Å². The van der Waals surface area contributed by atoms with Gasteiger partial charge in [-0.3, -0.25) is 18.3 Å². The summed E-state index contributed by atoms with van der Waals surface area (Å²) >= 11 is 0. The van der Waals surface area contributed by atoms with Gasteiger partial charge in [0.1, 0.15) is 0 Å². The van der Waals surface area contributed by atoms with Gasteiger partial charge >= 0.3 is 5.69 Å². The summed E-state index contributed by atoms with van der Waals surface area (Å²) in [4.78, 5) is 30.8. The number of aliphatic hydroxyl groups excluding tert-OH is 1. The van der Waals surface area contributed by atoms with Crippen molar-refractivity contribution in [3.05, 3.63) is 74.2 Å². The highest BCUT2D eigenvalue weighted by atomic mass is 16.3. The molecule has 4 aromatic rings. The standard InChI is InChI=1S/C22H25N5O3/c1-15-16(2)27-18-19(23-21(27)25(15)13-8-14-28)24(3)22(30)26(20(18)29)12-7-11-17-9-5-4-6-10-17/h4-7,9-11,28H,8,12-14H2,1-3H3. The monoisotopic (exact) mass is 407 g/mol. The zero-order valence-electron chi connectivity index (χ0n) is 17.4. The largest absolute Gasteiger partial charge is 0.396 e. The van der Waals surface area contributed by atoms with E-state index in [0.29, 0.717) is 29.9 Å². The maximum Gasteiger partial charge on any atom is 0.332 e. The zero-order chi connectivity index (χ0) is 21.4. The lowest BCUT2D eigenvalue weighted by Crippen LogP contribution is -2.39. The van der Waals surface area contributed by atoms with Crippen LogP contribution in [-0.2, 0) is 20.1 Å². The molecule has 156 valence electrons. The molecule has 0 atom stereocenters. The van der Waals surface area contributed by atoms with Gasteiger partial charge in [0.15, 0.2) is 11.2 Å². The number of allylic oxidation sites excluding steroid dienone is 1. The third kappa shape index (κ3) is 3.09. The molecule has 0 fully saturated rings. The van der Waals surface area contributed by atoms with Gasteiger partial charge in [0.2, 0.25) is 5.78 Å². The molecule has 4 rings (SSSR count). The summed E-state index contributed by atoms with van der Waals surface area (Å²) < 4.78 is 6.46. The number of fused-ring (bicyclic) bond motifs is 3. The van der Waals surface area contributed by atoms with Crippen LogP contribution in [0.3, 0.4) is 0 Å². The lowest BCUT2D eigenvalue weighted by molar-refractivity contribution is 0.280. The number of rotatable bonds is 6. The Morgan fingerprint density at radius 2 is 1.80 bits per heavy atom. The van der Waals surface area contributed by atoms with Crippen LogP contribution in [0.1, 0.15) is 23.4 Å². The number of aromatic nitrogens is 5. The lowest BCUT2D eigenvalue weighted by Gasteiger charge is -2.07. The summed E-state index contributed by atoms with van der Waals surface area (Å²) in [6.45, 7) is 4.74. The summed E-state index contributed by atoms with van der Waals surface area (Å²) in [7, 11) is 1.63. The third-order valence-corrected chi connectivity index (χ3v) is 5.57. The van der Waals surface area contributed by atoms with Crippen LogP contribution in [0.15, 0.2) is 46.0 Å². The number of hydrogen-bond donors (Lipinski definition) is 1. The van der Waals surface area contributed by atoms with E-state index in [0.717, 1.165) is 17.0 Å².